The quantitative estimate of drug-likeness (QED) is 0.791. The lowest BCUT2D eigenvalue weighted by Gasteiger charge is -2.33. The van der Waals surface area contributed by atoms with Crippen molar-refractivity contribution >= 4 is 43.3 Å². The van der Waals surface area contributed by atoms with Gasteiger partial charge in [-0.05, 0) is 43.0 Å². The molecule has 1 aliphatic rings. The number of aryl methyl sites for hydroxylation is 1. The van der Waals surface area contributed by atoms with Crippen LogP contribution in [0.15, 0.2) is 11.7 Å². The van der Waals surface area contributed by atoms with Crippen LogP contribution >= 0.6 is 27.3 Å². The number of hydrogen-bond acceptors (Lipinski definition) is 4. The highest BCUT2D eigenvalue weighted by Crippen LogP contribution is 2.33. The average molecular weight is 340 g/mol. The lowest BCUT2D eigenvalue weighted by Crippen LogP contribution is -2.36. The predicted molar refractivity (Wildman–Crippen MR) is 85.5 cm³/mol. The van der Waals surface area contributed by atoms with E-state index in [0.717, 1.165) is 35.7 Å². The molecule has 0 aliphatic carbocycles. The second kappa shape index (κ2) is 5.75. The minimum absolute atomic E-state index is 0.791. The van der Waals surface area contributed by atoms with Crippen LogP contribution in [0.2, 0.25) is 0 Å². The Balaban J connectivity index is 1.91. The molecule has 0 radical (unpaired) electrons. The Labute approximate surface area is 126 Å². The summed E-state index contributed by atoms with van der Waals surface area (Å²) in [5, 5.41) is 3.28. The SMILES string of the molecule is Cc1csc2c(N3CCCC(CCBr)C3)ncnc12. The van der Waals surface area contributed by atoms with Gasteiger partial charge in [0.05, 0.1) is 10.2 Å². The Bertz CT molecular complexity index is 567. The number of alkyl halides is 1. The number of fused-ring (bicyclic) bond motifs is 1. The van der Waals surface area contributed by atoms with Gasteiger partial charge in [0.25, 0.3) is 0 Å². The summed E-state index contributed by atoms with van der Waals surface area (Å²) in [7, 11) is 0. The third-order valence-corrected chi connectivity index (χ3v) is 5.39. The van der Waals surface area contributed by atoms with Gasteiger partial charge < -0.3 is 4.90 Å². The first kappa shape index (κ1) is 13.3. The second-order valence-electron chi connectivity index (χ2n) is 5.23. The van der Waals surface area contributed by atoms with E-state index in [2.05, 4.69) is 43.1 Å². The van der Waals surface area contributed by atoms with E-state index in [1.165, 1.54) is 29.5 Å². The Morgan fingerprint density at radius 2 is 2.37 bits per heavy atom. The van der Waals surface area contributed by atoms with Gasteiger partial charge in [-0.3, -0.25) is 0 Å². The van der Waals surface area contributed by atoms with Crippen molar-refractivity contribution in [2.24, 2.45) is 5.92 Å². The first-order valence-electron chi connectivity index (χ1n) is 6.79. The molecule has 19 heavy (non-hydrogen) atoms. The molecule has 1 unspecified atom stereocenters. The second-order valence-corrected chi connectivity index (χ2v) is 6.90. The van der Waals surface area contributed by atoms with E-state index < -0.39 is 0 Å². The molecule has 1 fully saturated rings. The van der Waals surface area contributed by atoms with Gasteiger partial charge in [-0.2, -0.15) is 0 Å². The van der Waals surface area contributed by atoms with Crippen molar-refractivity contribution in [2.75, 3.05) is 23.3 Å². The molecule has 3 heterocycles. The van der Waals surface area contributed by atoms with Crippen LogP contribution in [0.1, 0.15) is 24.8 Å². The zero-order valence-corrected chi connectivity index (χ0v) is 13.5. The third kappa shape index (κ3) is 2.63. The number of halogens is 1. The summed E-state index contributed by atoms with van der Waals surface area (Å²) in [6.07, 6.45) is 5.59. The number of hydrogen-bond donors (Lipinski definition) is 0. The maximum absolute atomic E-state index is 4.55. The normalized spacial score (nSPS) is 20.1. The topological polar surface area (TPSA) is 29.0 Å². The van der Waals surface area contributed by atoms with Crippen LogP contribution in [0, 0.1) is 12.8 Å². The maximum atomic E-state index is 4.55. The Morgan fingerprint density at radius 1 is 1.47 bits per heavy atom. The monoisotopic (exact) mass is 339 g/mol. The molecule has 0 aromatic carbocycles. The van der Waals surface area contributed by atoms with Crippen molar-refractivity contribution in [3.05, 3.63) is 17.3 Å². The van der Waals surface area contributed by atoms with Gasteiger partial charge in [0.15, 0.2) is 0 Å². The van der Waals surface area contributed by atoms with Crippen molar-refractivity contribution in [1.82, 2.24) is 9.97 Å². The van der Waals surface area contributed by atoms with Crippen LogP contribution in [-0.4, -0.2) is 28.4 Å². The zero-order chi connectivity index (χ0) is 13.2. The van der Waals surface area contributed by atoms with E-state index in [1.54, 1.807) is 17.7 Å². The number of piperidine rings is 1. The van der Waals surface area contributed by atoms with Gasteiger partial charge in [-0.25, -0.2) is 9.97 Å². The van der Waals surface area contributed by atoms with E-state index >= 15 is 0 Å². The van der Waals surface area contributed by atoms with Gasteiger partial charge >= 0.3 is 0 Å². The van der Waals surface area contributed by atoms with E-state index in [4.69, 9.17) is 0 Å². The van der Waals surface area contributed by atoms with Gasteiger partial charge in [-0.1, -0.05) is 15.9 Å². The number of nitrogens with zero attached hydrogens (tertiary/aromatic N) is 3. The van der Waals surface area contributed by atoms with E-state index in [9.17, 15) is 0 Å². The highest BCUT2D eigenvalue weighted by Gasteiger charge is 2.22. The first-order valence-corrected chi connectivity index (χ1v) is 8.79. The lowest BCUT2D eigenvalue weighted by atomic mass is 9.96. The van der Waals surface area contributed by atoms with Crippen LogP contribution in [-0.2, 0) is 0 Å². The van der Waals surface area contributed by atoms with Crippen LogP contribution < -0.4 is 4.90 Å². The predicted octanol–water partition coefficient (Wildman–Crippen LogP) is 4.00. The molecular formula is C14H18BrN3S. The van der Waals surface area contributed by atoms with Gasteiger partial charge in [0, 0.05) is 18.4 Å². The Hall–Kier alpha value is -0.680. The number of thiophene rings is 1. The molecule has 1 atom stereocenters. The molecule has 1 saturated heterocycles. The average Bonchev–Trinajstić information content (AvgIpc) is 2.81. The molecule has 0 saturated carbocycles. The summed E-state index contributed by atoms with van der Waals surface area (Å²) < 4.78 is 1.25. The maximum Gasteiger partial charge on any atom is 0.150 e. The number of anilines is 1. The molecule has 3 nitrogen and oxygen atoms in total. The largest absolute Gasteiger partial charge is 0.355 e. The molecule has 102 valence electrons. The molecule has 0 bridgehead atoms. The third-order valence-electron chi connectivity index (χ3n) is 3.85. The van der Waals surface area contributed by atoms with Crippen molar-refractivity contribution in [2.45, 2.75) is 26.2 Å². The fourth-order valence-electron chi connectivity index (χ4n) is 2.83. The molecule has 0 N–H and O–H groups in total. The fraction of sp³-hybridized carbons (Fsp3) is 0.571. The molecule has 0 spiro atoms. The number of rotatable bonds is 3. The summed E-state index contributed by atoms with van der Waals surface area (Å²) in [6, 6.07) is 0. The Morgan fingerprint density at radius 3 is 3.21 bits per heavy atom. The smallest absolute Gasteiger partial charge is 0.150 e. The van der Waals surface area contributed by atoms with Crippen LogP contribution in [0.4, 0.5) is 5.82 Å². The van der Waals surface area contributed by atoms with Crippen LogP contribution in [0.5, 0.6) is 0 Å². The lowest BCUT2D eigenvalue weighted by molar-refractivity contribution is 0.406. The van der Waals surface area contributed by atoms with Crippen molar-refractivity contribution in [1.29, 1.82) is 0 Å². The Kier molecular flexibility index (Phi) is 4.03. The number of aromatic nitrogens is 2. The summed E-state index contributed by atoms with van der Waals surface area (Å²) in [4.78, 5) is 11.4. The molecule has 5 heteroatoms. The zero-order valence-electron chi connectivity index (χ0n) is 11.1. The minimum atomic E-state index is 0.791. The molecule has 2 aromatic heterocycles. The van der Waals surface area contributed by atoms with Crippen LogP contribution in [0.25, 0.3) is 10.2 Å². The van der Waals surface area contributed by atoms with Crippen molar-refractivity contribution in [3.8, 4) is 0 Å². The summed E-state index contributed by atoms with van der Waals surface area (Å²) in [6.45, 7) is 4.38. The van der Waals surface area contributed by atoms with Crippen LogP contribution in [0.3, 0.4) is 0 Å². The fourth-order valence-corrected chi connectivity index (χ4v) is 4.50. The van der Waals surface area contributed by atoms with Gasteiger partial charge in [-0.15, -0.1) is 11.3 Å². The summed E-state index contributed by atoms with van der Waals surface area (Å²) in [5.41, 5.74) is 2.38. The van der Waals surface area contributed by atoms with Crippen molar-refractivity contribution in [3.63, 3.8) is 0 Å². The molecule has 2 aromatic rings. The minimum Gasteiger partial charge on any atom is -0.355 e. The molecule has 0 amide bonds. The van der Waals surface area contributed by atoms with E-state index in [-0.39, 0.29) is 0 Å². The highest BCUT2D eigenvalue weighted by molar-refractivity contribution is 9.09. The highest BCUT2D eigenvalue weighted by atomic mass is 79.9. The summed E-state index contributed by atoms with van der Waals surface area (Å²) in [5.74, 6) is 1.93. The van der Waals surface area contributed by atoms with E-state index in [1.807, 2.05) is 0 Å². The molecule has 3 rings (SSSR count). The van der Waals surface area contributed by atoms with Crippen molar-refractivity contribution < 1.29 is 0 Å². The molecule has 1 aliphatic heterocycles. The van der Waals surface area contributed by atoms with Gasteiger partial charge in [0.2, 0.25) is 0 Å². The molecular weight excluding hydrogens is 322 g/mol. The van der Waals surface area contributed by atoms with Gasteiger partial charge in [0.1, 0.15) is 12.1 Å². The summed E-state index contributed by atoms with van der Waals surface area (Å²) >= 11 is 5.33. The van der Waals surface area contributed by atoms with E-state index in [0.29, 0.717) is 0 Å². The first-order chi connectivity index (χ1) is 9.29. The standard InChI is InChI=1S/C14H18BrN3S/c1-10-8-19-13-12(10)16-9-17-14(13)18-6-2-3-11(7-18)4-5-15/h8-9,11H,2-7H2,1H3.